The summed E-state index contributed by atoms with van der Waals surface area (Å²) in [7, 11) is 0. The minimum atomic E-state index is -0.280. The maximum Gasteiger partial charge on any atom is 0.257 e. The molecule has 6 heteroatoms. The first-order valence-electron chi connectivity index (χ1n) is 5.38. The molecule has 1 amide bonds. The van der Waals surface area contributed by atoms with E-state index in [1.165, 1.54) is 6.20 Å². The fourth-order valence-electron chi connectivity index (χ4n) is 1.46. The number of nitrogens with one attached hydrogen (secondary N) is 1. The molecule has 0 atom stereocenters. The van der Waals surface area contributed by atoms with Crippen molar-refractivity contribution < 1.29 is 4.79 Å². The molecule has 0 spiro atoms. The Bertz CT molecular complexity index is 631. The van der Waals surface area contributed by atoms with Gasteiger partial charge in [-0.25, -0.2) is 0 Å². The predicted molar refractivity (Wildman–Crippen MR) is 79.5 cm³/mol. The number of rotatable bonds is 3. The van der Waals surface area contributed by atoms with Gasteiger partial charge in [-0.1, -0.05) is 23.8 Å². The lowest BCUT2D eigenvalue weighted by Gasteiger charge is -2.08. The van der Waals surface area contributed by atoms with Crippen molar-refractivity contribution >= 4 is 40.4 Å². The summed E-state index contributed by atoms with van der Waals surface area (Å²) in [5.74, 6) is -0.280. The molecule has 0 saturated carbocycles. The number of halogens is 1. The first-order valence-corrected chi connectivity index (χ1v) is 6.17. The molecule has 1 aromatic carbocycles. The van der Waals surface area contributed by atoms with Crippen LogP contribution in [0.5, 0.6) is 0 Å². The van der Waals surface area contributed by atoms with Gasteiger partial charge in [0, 0.05) is 18.0 Å². The lowest BCUT2D eigenvalue weighted by molar-refractivity contribution is 0.102. The number of anilines is 1. The minimum absolute atomic E-state index is 0.257. The third-order valence-corrected chi connectivity index (χ3v) is 2.97. The number of nitrogens with two attached hydrogens (primary N) is 1. The number of nitrogens with zero attached hydrogens (tertiary/aromatic N) is 1. The molecule has 0 bridgehead atoms. The summed E-state index contributed by atoms with van der Waals surface area (Å²) in [6.07, 6.45) is 3.08. The average molecular weight is 292 g/mol. The van der Waals surface area contributed by atoms with Crippen LogP contribution in [0.3, 0.4) is 0 Å². The highest BCUT2D eigenvalue weighted by Gasteiger charge is 2.09. The van der Waals surface area contributed by atoms with Crippen molar-refractivity contribution in [3.8, 4) is 0 Å². The fourth-order valence-corrected chi connectivity index (χ4v) is 1.82. The second-order valence-corrected chi connectivity index (χ2v) is 4.60. The van der Waals surface area contributed by atoms with E-state index < -0.39 is 0 Å². The van der Waals surface area contributed by atoms with Gasteiger partial charge in [-0.15, -0.1) is 0 Å². The highest BCUT2D eigenvalue weighted by molar-refractivity contribution is 7.80. The van der Waals surface area contributed by atoms with Gasteiger partial charge in [-0.05, 0) is 30.3 Å². The van der Waals surface area contributed by atoms with Gasteiger partial charge in [0.1, 0.15) is 4.99 Å². The van der Waals surface area contributed by atoms with E-state index in [2.05, 4.69) is 10.3 Å². The first kappa shape index (κ1) is 13.5. The molecule has 1 heterocycles. The summed E-state index contributed by atoms with van der Waals surface area (Å²) in [6.45, 7) is 0. The highest BCUT2D eigenvalue weighted by Crippen LogP contribution is 2.23. The Hall–Kier alpha value is -1.98. The number of thiocarbonyl (C=S) groups is 1. The van der Waals surface area contributed by atoms with Crippen LogP contribution < -0.4 is 11.1 Å². The molecule has 0 saturated heterocycles. The topological polar surface area (TPSA) is 68.0 Å². The predicted octanol–water partition coefficient (Wildman–Crippen LogP) is 2.62. The van der Waals surface area contributed by atoms with Gasteiger partial charge >= 0.3 is 0 Å². The Balaban J connectivity index is 2.20. The summed E-state index contributed by atoms with van der Waals surface area (Å²) in [4.78, 5) is 16.1. The minimum Gasteiger partial charge on any atom is -0.389 e. The molecule has 4 nitrogen and oxygen atoms in total. The normalized spacial score (nSPS) is 9.95. The van der Waals surface area contributed by atoms with Crippen LogP contribution in [0, 0.1) is 0 Å². The van der Waals surface area contributed by atoms with Crippen molar-refractivity contribution in [2.24, 2.45) is 5.73 Å². The molecule has 0 radical (unpaired) electrons. The van der Waals surface area contributed by atoms with E-state index in [0.29, 0.717) is 21.8 Å². The van der Waals surface area contributed by atoms with E-state index in [1.54, 1.807) is 36.5 Å². The van der Waals surface area contributed by atoms with E-state index >= 15 is 0 Å². The molecule has 0 unspecified atom stereocenters. The Morgan fingerprint density at radius 1 is 1.32 bits per heavy atom. The van der Waals surface area contributed by atoms with E-state index in [9.17, 15) is 4.79 Å². The third kappa shape index (κ3) is 3.27. The number of carbonyl (C=O) groups excluding carboxylic acids is 1. The number of pyridine rings is 1. The van der Waals surface area contributed by atoms with Crippen LogP contribution in [0.2, 0.25) is 5.02 Å². The largest absolute Gasteiger partial charge is 0.389 e. The van der Waals surface area contributed by atoms with Crippen molar-refractivity contribution in [1.29, 1.82) is 0 Å². The second kappa shape index (κ2) is 5.77. The second-order valence-electron chi connectivity index (χ2n) is 3.75. The van der Waals surface area contributed by atoms with Gasteiger partial charge in [0.2, 0.25) is 0 Å². The summed E-state index contributed by atoms with van der Waals surface area (Å²) in [6, 6.07) is 8.33. The maximum atomic E-state index is 11.9. The standard InChI is InChI=1S/C13H10ClN3OS/c14-10-6-8(12(15)19)3-4-11(10)17-13(18)9-2-1-5-16-7-9/h1-7H,(H2,15,19)(H,17,18). The van der Waals surface area contributed by atoms with Gasteiger partial charge in [0.25, 0.3) is 5.91 Å². The molecule has 1 aromatic heterocycles. The van der Waals surface area contributed by atoms with Crippen molar-refractivity contribution in [3.63, 3.8) is 0 Å². The van der Waals surface area contributed by atoms with Gasteiger partial charge in [-0.2, -0.15) is 0 Å². The monoisotopic (exact) mass is 291 g/mol. The van der Waals surface area contributed by atoms with Crippen molar-refractivity contribution in [3.05, 3.63) is 58.9 Å². The Morgan fingerprint density at radius 3 is 2.68 bits per heavy atom. The molecule has 3 N–H and O–H groups in total. The lowest BCUT2D eigenvalue weighted by Crippen LogP contribution is -2.13. The molecular formula is C13H10ClN3OS. The molecule has 0 aliphatic carbocycles. The van der Waals surface area contributed by atoms with E-state index in [-0.39, 0.29) is 10.9 Å². The Kier molecular flexibility index (Phi) is 4.09. The van der Waals surface area contributed by atoms with Crippen molar-refractivity contribution in [2.45, 2.75) is 0 Å². The zero-order valence-corrected chi connectivity index (χ0v) is 11.3. The van der Waals surface area contributed by atoms with E-state index in [0.717, 1.165) is 0 Å². The number of aromatic nitrogens is 1. The maximum absolute atomic E-state index is 11.9. The summed E-state index contributed by atoms with van der Waals surface area (Å²) in [5.41, 5.74) is 7.11. The van der Waals surface area contributed by atoms with Gasteiger partial charge in [-0.3, -0.25) is 9.78 Å². The van der Waals surface area contributed by atoms with Crippen LogP contribution >= 0.6 is 23.8 Å². The summed E-state index contributed by atoms with van der Waals surface area (Å²) >= 11 is 10.9. The quantitative estimate of drug-likeness (QED) is 0.853. The molecular weight excluding hydrogens is 282 g/mol. The molecule has 2 aromatic rings. The molecule has 0 aliphatic heterocycles. The Morgan fingerprint density at radius 2 is 2.11 bits per heavy atom. The molecule has 19 heavy (non-hydrogen) atoms. The summed E-state index contributed by atoms with van der Waals surface area (Å²) < 4.78 is 0. The van der Waals surface area contributed by atoms with E-state index in [4.69, 9.17) is 29.6 Å². The van der Waals surface area contributed by atoms with Crippen LogP contribution in [0.15, 0.2) is 42.7 Å². The first-order chi connectivity index (χ1) is 9.08. The summed E-state index contributed by atoms with van der Waals surface area (Å²) in [5, 5.41) is 3.08. The number of benzene rings is 1. The third-order valence-electron chi connectivity index (χ3n) is 2.43. The number of hydrogen-bond acceptors (Lipinski definition) is 3. The molecule has 96 valence electrons. The van der Waals surface area contributed by atoms with Crippen molar-refractivity contribution in [2.75, 3.05) is 5.32 Å². The zero-order valence-electron chi connectivity index (χ0n) is 9.76. The van der Waals surface area contributed by atoms with E-state index in [1.807, 2.05) is 0 Å². The smallest absolute Gasteiger partial charge is 0.257 e. The van der Waals surface area contributed by atoms with Crippen molar-refractivity contribution in [1.82, 2.24) is 4.98 Å². The van der Waals surface area contributed by atoms with Crippen LogP contribution in [-0.4, -0.2) is 15.9 Å². The van der Waals surface area contributed by atoms with Crippen LogP contribution in [0.25, 0.3) is 0 Å². The van der Waals surface area contributed by atoms with Gasteiger partial charge in [0.05, 0.1) is 16.3 Å². The van der Waals surface area contributed by atoms with Crippen LogP contribution in [-0.2, 0) is 0 Å². The fraction of sp³-hybridized carbons (Fsp3) is 0. The zero-order chi connectivity index (χ0) is 13.8. The number of hydrogen-bond donors (Lipinski definition) is 2. The Labute approximate surface area is 120 Å². The van der Waals surface area contributed by atoms with Gasteiger partial charge < -0.3 is 11.1 Å². The van der Waals surface area contributed by atoms with Crippen LogP contribution in [0.4, 0.5) is 5.69 Å². The molecule has 0 fully saturated rings. The molecule has 2 rings (SSSR count). The van der Waals surface area contributed by atoms with Crippen LogP contribution in [0.1, 0.15) is 15.9 Å². The number of amides is 1. The molecule has 0 aliphatic rings. The number of carbonyl (C=O) groups is 1. The average Bonchev–Trinajstić information content (AvgIpc) is 2.41. The van der Waals surface area contributed by atoms with Gasteiger partial charge in [0.15, 0.2) is 0 Å². The highest BCUT2D eigenvalue weighted by atomic mass is 35.5. The lowest BCUT2D eigenvalue weighted by atomic mass is 10.2. The SMILES string of the molecule is NC(=S)c1ccc(NC(=O)c2cccnc2)c(Cl)c1.